The molecule has 1 rings (SSSR count). The lowest BCUT2D eigenvalue weighted by Crippen LogP contribution is -2.43. The highest BCUT2D eigenvalue weighted by Crippen LogP contribution is 2.27. The van der Waals surface area contributed by atoms with Crippen molar-refractivity contribution in [2.75, 3.05) is 11.9 Å². The second-order valence-corrected chi connectivity index (χ2v) is 6.02. The first-order valence-electron chi connectivity index (χ1n) is 6.58. The predicted octanol–water partition coefficient (Wildman–Crippen LogP) is 4.12. The number of urea groups is 1. The summed E-state index contributed by atoms with van der Waals surface area (Å²) >= 11 is 9.17. The van der Waals surface area contributed by atoms with Crippen molar-refractivity contribution in [2.45, 2.75) is 26.7 Å². The Bertz CT molecular complexity index is 533. The summed E-state index contributed by atoms with van der Waals surface area (Å²) in [6.45, 7) is 3.66. The Morgan fingerprint density at radius 2 is 1.95 bits per heavy atom. The summed E-state index contributed by atoms with van der Waals surface area (Å²) in [4.78, 5) is 23.3. The summed E-state index contributed by atoms with van der Waals surface area (Å²) in [5.74, 6) is -0.906. The Labute approximate surface area is 137 Å². The molecular formula is C14H18BrClN2O3. The van der Waals surface area contributed by atoms with Crippen LogP contribution in [0, 0.1) is 5.41 Å². The second kappa shape index (κ2) is 7.66. The third-order valence-corrected chi connectivity index (χ3v) is 4.50. The van der Waals surface area contributed by atoms with E-state index in [1.165, 1.54) is 0 Å². The number of carboxylic acids is 1. The molecule has 1 aromatic carbocycles. The molecule has 0 aliphatic heterocycles. The van der Waals surface area contributed by atoms with E-state index >= 15 is 0 Å². The first-order chi connectivity index (χ1) is 9.84. The van der Waals surface area contributed by atoms with Gasteiger partial charge in [0, 0.05) is 16.0 Å². The summed E-state index contributed by atoms with van der Waals surface area (Å²) in [6, 6.07) is 4.55. The van der Waals surface area contributed by atoms with Crippen LogP contribution in [0.15, 0.2) is 22.7 Å². The Hall–Kier alpha value is -1.27. The van der Waals surface area contributed by atoms with Crippen LogP contribution < -0.4 is 10.6 Å². The van der Waals surface area contributed by atoms with Gasteiger partial charge in [-0.2, -0.15) is 0 Å². The van der Waals surface area contributed by atoms with E-state index in [2.05, 4.69) is 26.6 Å². The van der Waals surface area contributed by atoms with Gasteiger partial charge >= 0.3 is 12.0 Å². The number of carboxylic acid groups (broad SMARTS) is 1. The molecule has 2 amide bonds. The largest absolute Gasteiger partial charge is 0.481 e. The van der Waals surface area contributed by atoms with Gasteiger partial charge in [-0.1, -0.05) is 25.4 Å². The van der Waals surface area contributed by atoms with Crippen molar-refractivity contribution >= 4 is 45.2 Å². The average molecular weight is 378 g/mol. The highest BCUT2D eigenvalue weighted by atomic mass is 79.9. The van der Waals surface area contributed by atoms with Crippen molar-refractivity contribution in [1.29, 1.82) is 0 Å². The van der Waals surface area contributed by atoms with E-state index in [-0.39, 0.29) is 6.54 Å². The maximum atomic E-state index is 11.9. The van der Waals surface area contributed by atoms with E-state index in [0.29, 0.717) is 28.0 Å². The molecule has 21 heavy (non-hydrogen) atoms. The van der Waals surface area contributed by atoms with E-state index in [4.69, 9.17) is 11.6 Å². The van der Waals surface area contributed by atoms with Crippen LogP contribution in [0.25, 0.3) is 0 Å². The van der Waals surface area contributed by atoms with Gasteiger partial charge in [0.15, 0.2) is 0 Å². The lowest BCUT2D eigenvalue weighted by Gasteiger charge is -2.26. The molecule has 0 unspecified atom stereocenters. The summed E-state index contributed by atoms with van der Waals surface area (Å²) in [5, 5.41) is 15.0. The second-order valence-electron chi connectivity index (χ2n) is 4.72. The normalized spacial score (nSPS) is 11.0. The van der Waals surface area contributed by atoms with Crippen molar-refractivity contribution in [3.8, 4) is 0 Å². The highest BCUT2D eigenvalue weighted by molar-refractivity contribution is 9.10. The first-order valence-corrected chi connectivity index (χ1v) is 7.75. The number of halogens is 2. The number of aliphatic carboxylic acids is 1. The standard InChI is InChI=1S/C14H18BrClN2O3/c1-3-14(4-2,12(19)20)8-17-13(21)18-11-7-9(16)5-6-10(11)15/h5-7H,3-4,8H2,1-2H3,(H,19,20)(H2,17,18,21). The van der Waals surface area contributed by atoms with Crippen LogP contribution in [-0.2, 0) is 4.79 Å². The van der Waals surface area contributed by atoms with Crippen LogP contribution in [0.4, 0.5) is 10.5 Å². The molecule has 7 heteroatoms. The number of nitrogens with one attached hydrogen (secondary N) is 2. The maximum absolute atomic E-state index is 11.9. The van der Waals surface area contributed by atoms with Gasteiger partial charge in [0.1, 0.15) is 0 Å². The third-order valence-electron chi connectivity index (χ3n) is 3.57. The summed E-state index contributed by atoms with van der Waals surface area (Å²) in [6.07, 6.45) is 0.889. The van der Waals surface area contributed by atoms with Crippen molar-refractivity contribution in [2.24, 2.45) is 5.41 Å². The lowest BCUT2D eigenvalue weighted by molar-refractivity contribution is -0.149. The number of hydrogen-bond donors (Lipinski definition) is 3. The van der Waals surface area contributed by atoms with Gasteiger partial charge in [0.25, 0.3) is 0 Å². The van der Waals surface area contributed by atoms with Gasteiger partial charge in [-0.15, -0.1) is 0 Å². The first kappa shape index (κ1) is 17.8. The zero-order valence-corrected chi connectivity index (χ0v) is 14.2. The minimum Gasteiger partial charge on any atom is -0.481 e. The molecule has 0 aliphatic rings. The van der Waals surface area contributed by atoms with Gasteiger partial charge < -0.3 is 15.7 Å². The number of benzene rings is 1. The van der Waals surface area contributed by atoms with Crippen LogP contribution in [0.2, 0.25) is 5.02 Å². The Kier molecular flexibility index (Phi) is 6.48. The Balaban J connectivity index is 2.70. The van der Waals surface area contributed by atoms with Gasteiger partial charge in [-0.05, 0) is 47.0 Å². The van der Waals surface area contributed by atoms with E-state index < -0.39 is 17.4 Å². The molecule has 0 spiro atoms. The summed E-state index contributed by atoms with van der Waals surface area (Å²) in [5.41, 5.74) is -0.419. The molecular weight excluding hydrogens is 360 g/mol. The minimum absolute atomic E-state index is 0.0688. The number of carbonyl (C=O) groups is 2. The fourth-order valence-electron chi connectivity index (χ4n) is 1.89. The van der Waals surface area contributed by atoms with E-state index in [1.807, 2.05) is 0 Å². The summed E-state index contributed by atoms with van der Waals surface area (Å²) < 4.78 is 0.692. The molecule has 0 atom stereocenters. The lowest BCUT2D eigenvalue weighted by atomic mass is 9.82. The molecule has 0 aliphatic carbocycles. The van der Waals surface area contributed by atoms with Crippen LogP contribution in [0.5, 0.6) is 0 Å². The average Bonchev–Trinajstić information content (AvgIpc) is 2.44. The molecule has 0 saturated carbocycles. The van der Waals surface area contributed by atoms with Crippen LogP contribution in [0.3, 0.4) is 0 Å². The zero-order chi connectivity index (χ0) is 16.0. The van der Waals surface area contributed by atoms with Crippen LogP contribution >= 0.6 is 27.5 Å². The van der Waals surface area contributed by atoms with Crippen LogP contribution in [0.1, 0.15) is 26.7 Å². The topological polar surface area (TPSA) is 78.4 Å². The van der Waals surface area contributed by atoms with Crippen molar-refractivity contribution in [1.82, 2.24) is 5.32 Å². The van der Waals surface area contributed by atoms with Gasteiger partial charge in [-0.3, -0.25) is 4.79 Å². The fourth-order valence-corrected chi connectivity index (χ4v) is 2.41. The highest BCUT2D eigenvalue weighted by Gasteiger charge is 2.35. The maximum Gasteiger partial charge on any atom is 0.319 e. The number of hydrogen-bond acceptors (Lipinski definition) is 2. The summed E-state index contributed by atoms with van der Waals surface area (Å²) in [7, 11) is 0. The van der Waals surface area contributed by atoms with E-state index in [9.17, 15) is 14.7 Å². The number of anilines is 1. The van der Waals surface area contributed by atoms with E-state index in [1.54, 1.807) is 32.0 Å². The molecule has 0 heterocycles. The molecule has 1 aromatic rings. The van der Waals surface area contributed by atoms with Crippen molar-refractivity contribution < 1.29 is 14.7 Å². The van der Waals surface area contributed by atoms with Gasteiger partial charge in [-0.25, -0.2) is 4.79 Å². The fraction of sp³-hybridized carbons (Fsp3) is 0.429. The van der Waals surface area contributed by atoms with E-state index in [0.717, 1.165) is 0 Å². The van der Waals surface area contributed by atoms with Crippen molar-refractivity contribution in [3.63, 3.8) is 0 Å². The molecule has 0 aromatic heterocycles. The number of carbonyl (C=O) groups excluding carboxylic acids is 1. The minimum atomic E-state index is -0.942. The zero-order valence-electron chi connectivity index (χ0n) is 11.9. The smallest absolute Gasteiger partial charge is 0.319 e. The molecule has 5 nitrogen and oxygen atoms in total. The molecule has 116 valence electrons. The molecule has 0 radical (unpaired) electrons. The molecule has 3 N–H and O–H groups in total. The molecule has 0 bridgehead atoms. The number of amides is 2. The third kappa shape index (κ3) is 4.61. The SMILES string of the molecule is CCC(CC)(CNC(=O)Nc1cc(Cl)ccc1Br)C(=O)O. The van der Waals surface area contributed by atoms with Crippen molar-refractivity contribution in [3.05, 3.63) is 27.7 Å². The predicted molar refractivity (Wildman–Crippen MR) is 86.8 cm³/mol. The monoisotopic (exact) mass is 376 g/mol. The Morgan fingerprint density at radius 3 is 2.48 bits per heavy atom. The van der Waals surface area contributed by atoms with Crippen LogP contribution in [-0.4, -0.2) is 23.7 Å². The quantitative estimate of drug-likeness (QED) is 0.698. The van der Waals surface area contributed by atoms with Gasteiger partial charge in [0.05, 0.1) is 11.1 Å². The molecule has 0 saturated heterocycles. The Morgan fingerprint density at radius 1 is 1.33 bits per heavy atom. The number of rotatable bonds is 6. The molecule has 0 fully saturated rings. The van der Waals surface area contributed by atoms with Gasteiger partial charge in [0.2, 0.25) is 0 Å².